The van der Waals surface area contributed by atoms with Crippen molar-refractivity contribution in [1.82, 2.24) is 5.32 Å². The maximum Gasteiger partial charge on any atom is 0.340 e. The smallest absolute Gasteiger partial charge is 0.340 e. The summed E-state index contributed by atoms with van der Waals surface area (Å²) in [6, 6.07) is 8.82. The molecule has 0 saturated carbocycles. The van der Waals surface area contributed by atoms with E-state index in [-0.39, 0.29) is 13.1 Å². The fourth-order valence-corrected chi connectivity index (χ4v) is 2.05. The third-order valence-electron chi connectivity index (χ3n) is 2.57. The van der Waals surface area contributed by atoms with Crippen LogP contribution in [-0.2, 0) is 16.7 Å². The fraction of sp³-hybridized carbons (Fsp3) is 0.250. The molecule has 0 aliphatic rings. The Morgan fingerprint density at radius 1 is 1.26 bits per heavy atom. The van der Waals surface area contributed by atoms with Crippen LogP contribution in [0.1, 0.15) is 5.56 Å². The number of hydrogen-bond donors (Lipinski definition) is 2. The summed E-state index contributed by atoms with van der Waals surface area (Å²) in [5.41, 5.74) is 0.460. The van der Waals surface area contributed by atoms with Gasteiger partial charge in [0.2, 0.25) is 0 Å². The first-order chi connectivity index (χ1) is 8.96. The van der Waals surface area contributed by atoms with Crippen LogP contribution in [0.2, 0.25) is 0 Å². The highest BCUT2D eigenvalue weighted by Crippen LogP contribution is 2.12. The Balaban J connectivity index is 2.08. The minimum Gasteiger partial charge on any atom is -0.422 e. The molecule has 0 saturated heterocycles. The van der Waals surface area contributed by atoms with E-state index in [2.05, 4.69) is 5.32 Å². The van der Waals surface area contributed by atoms with Crippen molar-refractivity contribution in [3.05, 3.63) is 46.3 Å². The Kier molecular flexibility index (Phi) is 3.98. The van der Waals surface area contributed by atoms with E-state index in [0.717, 1.165) is 5.39 Å². The van der Waals surface area contributed by atoms with Crippen LogP contribution in [0.15, 0.2) is 39.5 Å². The van der Waals surface area contributed by atoms with Gasteiger partial charge in [0.25, 0.3) is 10.1 Å². The molecule has 19 heavy (non-hydrogen) atoms. The van der Waals surface area contributed by atoms with Gasteiger partial charge in [-0.25, -0.2) is 4.79 Å². The minimum atomic E-state index is -3.99. The standard InChI is InChI=1S/C12H13NO5S/c14-12-10(8-13-5-6-19(15,16)17)7-9-3-1-2-4-11(9)18-12/h1-4,7,13H,5-6,8H2,(H,15,16,17). The van der Waals surface area contributed by atoms with E-state index < -0.39 is 21.5 Å². The molecule has 2 rings (SSSR count). The number of hydrogen-bond acceptors (Lipinski definition) is 5. The SMILES string of the molecule is O=c1oc2ccccc2cc1CNCCS(=O)(=O)O. The van der Waals surface area contributed by atoms with E-state index in [9.17, 15) is 13.2 Å². The Morgan fingerprint density at radius 3 is 2.74 bits per heavy atom. The van der Waals surface area contributed by atoms with Gasteiger partial charge in [-0.1, -0.05) is 18.2 Å². The van der Waals surface area contributed by atoms with E-state index in [1.165, 1.54) is 0 Å². The van der Waals surface area contributed by atoms with Crippen LogP contribution in [-0.4, -0.2) is 25.3 Å². The predicted octanol–water partition coefficient (Wildman–Crippen LogP) is 0.770. The summed E-state index contributed by atoms with van der Waals surface area (Å²) < 4.78 is 34.7. The summed E-state index contributed by atoms with van der Waals surface area (Å²) in [5, 5.41) is 3.56. The topological polar surface area (TPSA) is 96.6 Å². The quantitative estimate of drug-likeness (QED) is 0.478. The lowest BCUT2D eigenvalue weighted by atomic mass is 10.2. The number of nitrogens with one attached hydrogen (secondary N) is 1. The Hall–Kier alpha value is -1.70. The molecule has 1 heterocycles. The van der Waals surface area contributed by atoms with Gasteiger partial charge < -0.3 is 9.73 Å². The van der Waals surface area contributed by atoms with Gasteiger partial charge in [0.05, 0.1) is 11.3 Å². The summed E-state index contributed by atoms with van der Waals surface area (Å²) in [7, 11) is -3.99. The molecule has 1 aromatic heterocycles. The van der Waals surface area contributed by atoms with E-state index in [1.807, 2.05) is 12.1 Å². The minimum absolute atomic E-state index is 0.0606. The number of fused-ring (bicyclic) bond motifs is 1. The van der Waals surface area contributed by atoms with Crippen molar-refractivity contribution < 1.29 is 17.4 Å². The zero-order valence-electron chi connectivity index (χ0n) is 10.00. The molecule has 0 spiro atoms. The van der Waals surface area contributed by atoms with Crippen LogP contribution in [0.25, 0.3) is 11.0 Å². The average molecular weight is 283 g/mol. The van der Waals surface area contributed by atoms with Crippen molar-refractivity contribution in [3.8, 4) is 0 Å². The van der Waals surface area contributed by atoms with Gasteiger partial charge in [-0.3, -0.25) is 4.55 Å². The lowest BCUT2D eigenvalue weighted by Gasteiger charge is -2.03. The molecule has 102 valence electrons. The molecular weight excluding hydrogens is 270 g/mol. The molecule has 0 atom stereocenters. The van der Waals surface area contributed by atoms with Gasteiger partial charge in [0.1, 0.15) is 5.58 Å². The van der Waals surface area contributed by atoms with Crippen molar-refractivity contribution in [2.75, 3.05) is 12.3 Å². The third-order valence-corrected chi connectivity index (χ3v) is 3.29. The number of para-hydroxylation sites is 1. The zero-order chi connectivity index (χ0) is 13.9. The first-order valence-electron chi connectivity index (χ1n) is 5.63. The van der Waals surface area contributed by atoms with Crippen molar-refractivity contribution >= 4 is 21.1 Å². The van der Waals surface area contributed by atoms with Crippen LogP contribution in [0.3, 0.4) is 0 Å². The second kappa shape index (κ2) is 5.52. The molecular formula is C12H13NO5S. The maximum atomic E-state index is 11.6. The third kappa shape index (κ3) is 3.88. The van der Waals surface area contributed by atoms with Crippen LogP contribution >= 0.6 is 0 Å². The van der Waals surface area contributed by atoms with Gasteiger partial charge in [-0.2, -0.15) is 8.42 Å². The van der Waals surface area contributed by atoms with E-state index in [4.69, 9.17) is 8.97 Å². The summed E-state index contributed by atoms with van der Waals surface area (Å²) >= 11 is 0. The molecule has 0 amide bonds. The molecule has 6 nitrogen and oxygen atoms in total. The Labute approximate surface area is 109 Å². The second-order valence-electron chi connectivity index (χ2n) is 4.06. The molecule has 7 heteroatoms. The number of benzene rings is 1. The maximum absolute atomic E-state index is 11.6. The van der Waals surface area contributed by atoms with Crippen molar-refractivity contribution in [1.29, 1.82) is 0 Å². The largest absolute Gasteiger partial charge is 0.422 e. The average Bonchev–Trinajstić information content (AvgIpc) is 2.33. The highest BCUT2D eigenvalue weighted by atomic mass is 32.2. The molecule has 0 unspecified atom stereocenters. The normalized spacial score (nSPS) is 11.8. The summed E-state index contributed by atoms with van der Waals surface area (Å²) in [4.78, 5) is 11.6. The van der Waals surface area contributed by atoms with Crippen molar-refractivity contribution in [2.45, 2.75) is 6.54 Å². The van der Waals surface area contributed by atoms with Crippen LogP contribution in [0.4, 0.5) is 0 Å². The Morgan fingerprint density at radius 2 is 2.00 bits per heavy atom. The van der Waals surface area contributed by atoms with Crippen LogP contribution in [0, 0.1) is 0 Å². The zero-order valence-corrected chi connectivity index (χ0v) is 10.8. The summed E-state index contributed by atoms with van der Waals surface area (Å²) in [6.45, 7) is 0.244. The molecule has 0 fully saturated rings. The van der Waals surface area contributed by atoms with Crippen molar-refractivity contribution in [3.63, 3.8) is 0 Å². The molecule has 0 radical (unpaired) electrons. The molecule has 0 bridgehead atoms. The van der Waals surface area contributed by atoms with E-state index >= 15 is 0 Å². The Bertz CT molecular complexity index is 735. The van der Waals surface area contributed by atoms with Crippen molar-refractivity contribution in [2.24, 2.45) is 0 Å². The second-order valence-corrected chi connectivity index (χ2v) is 5.63. The summed E-state index contributed by atoms with van der Waals surface area (Å²) in [6.07, 6.45) is 0. The van der Waals surface area contributed by atoms with E-state index in [0.29, 0.717) is 11.1 Å². The van der Waals surface area contributed by atoms with Gasteiger partial charge in [0, 0.05) is 18.5 Å². The first-order valence-corrected chi connectivity index (χ1v) is 7.24. The van der Waals surface area contributed by atoms with Gasteiger partial charge in [-0.15, -0.1) is 0 Å². The summed E-state index contributed by atoms with van der Waals surface area (Å²) in [5.74, 6) is -0.397. The first kappa shape index (κ1) is 13.7. The molecule has 2 N–H and O–H groups in total. The highest BCUT2D eigenvalue weighted by molar-refractivity contribution is 7.85. The molecule has 0 aliphatic heterocycles. The van der Waals surface area contributed by atoms with Crippen LogP contribution < -0.4 is 10.9 Å². The predicted molar refractivity (Wildman–Crippen MR) is 70.6 cm³/mol. The van der Waals surface area contributed by atoms with Gasteiger partial charge >= 0.3 is 5.63 Å². The lowest BCUT2D eigenvalue weighted by molar-refractivity contribution is 0.480. The molecule has 0 aliphatic carbocycles. The van der Waals surface area contributed by atoms with Gasteiger partial charge in [0.15, 0.2) is 0 Å². The monoisotopic (exact) mass is 283 g/mol. The van der Waals surface area contributed by atoms with Gasteiger partial charge in [-0.05, 0) is 12.1 Å². The van der Waals surface area contributed by atoms with E-state index in [1.54, 1.807) is 18.2 Å². The van der Waals surface area contributed by atoms with Crippen LogP contribution in [0.5, 0.6) is 0 Å². The highest BCUT2D eigenvalue weighted by Gasteiger charge is 2.06. The molecule has 1 aromatic carbocycles. The lowest BCUT2D eigenvalue weighted by Crippen LogP contribution is -2.24. The number of rotatable bonds is 5. The molecule has 2 aromatic rings. The fourth-order valence-electron chi connectivity index (χ4n) is 1.65.